The highest BCUT2D eigenvalue weighted by Gasteiger charge is 2.26. The van der Waals surface area contributed by atoms with E-state index in [9.17, 15) is 9.59 Å². The summed E-state index contributed by atoms with van der Waals surface area (Å²) >= 11 is 0. The minimum Gasteiger partial charge on any atom is -0.480 e. The highest BCUT2D eigenvalue weighted by atomic mass is 16.4. The van der Waals surface area contributed by atoms with Crippen LogP contribution in [0.25, 0.3) is 0 Å². The van der Waals surface area contributed by atoms with Crippen LogP contribution in [0, 0.1) is 5.41 Å². The SMILES string of the molecule is CC(NCC(=O)O)C(=O)C(C)(C)C. The predicted octanol–water partition coefficient (Wildman–Crippen LogP) is 0.664. The van der Waals surface area contributed by atoms with Gasteiger partial charge in [0.25, 0.3) is 0 Å². The molecule has 0 amide bonds. The van der Waals surface area contributed by atoms with Crippen LogP contribution in [0.4, 0.5) is 0 Å². The molecule has 0 aliphatic heterocycles. The minimum absolute atomic E-state index is 0.0220. The van der Waals surface area contributed by atoms with E-state index in [0.717, 1.165) is 0 Å². The van der Waals surface area contributed by atoms with Crippen molar-refractivity contribution >= 4 is 11.8 Å². The Kier molecular flexibility index (Phi) is 4.07. The molecule has 0 saturated heterocycles. The topological polar surface area (TPSA) is 66.4 Å². The Morgan fingerprint density at radius 3 is 2.15 bits per heavy atom. The molecule has 4 nitrogen and oxygen atoms in total. The first-order valence-electron chi connectivity index (χ1n) is 4.24. The lowest BCUT2D eigenvalue weighted by Gasteiger charge is -2.21. The first-order valence-corrected chi connectivity index (χ1v) is 4.24. The van der Waals surface area contributed by atoms with Crippen molar-refractivity contribution in [2.24, 2.45) is 5.41 Å². The van der Waals surface area contributed by atoms with Gasteiger partial charge in [-0.2, -0.15) is 0 Å². The van der Waals surface area contributed by atoms with Crippen molar-refractivity contribution < 1.29 is 14.7 Å². The van der Waals surface area contributed by atoms with Crippen LogP contribution in [0.5, 0.6) is 0 Å². The third-order valence-corrected chi connectivity index (χ3v) is 1.69. The summed E-state index contributed by atoms with van der Waals surface area (Å²) in [5.41, 5.74) is -0.426. The zero-order chi connectivity index (χ0) is 10.6. The molecule has 76 valence electrons. The Labute approximate surface area is 78.3 Å². The second-order valence-corrected chi connectivity index (χ2v) is 4.11. The Morgan fingerprint density at radius 1 is 1.38 bits per heavy atom. The van der Waals surface area contributed by atoms with Gasteiger partial charge in [-0.1, -0.05) is 20.8 Å². The van der Waals surface area contributed by atoms with E-state index in [4.69, 9.17) is 5.11 Å². The van der Waals surface area contributed by atoms with Crippen LogP contribution in [-0.2, 0) is 9.59 Å². The smallest absolute Gasteiger partial charge is 0.317 e. The van der Waals surface area contributed by atoms with Crippen molar-refractivity contribution in [3.8, 4) is 0 Å². The first-order chi connectivity index (χ1) is 5.75. The van der Waals surface area contributed by atoms with Crippen LogP contribution in [0.2, 0.25) is 0 Å². The second kappa shape index (κ2) is 4.37. The minimum atomic E-state index is -0.950. The molecule has 0 heterocycles. The van der Waals surface area contributed by atoms with E-state index in [-0.39, 0.29) is 12.3 Å². The van der Waals surface area contributed by atoms with Crippen LogP contribution in [0.15, 0.2) is 0 Å². The zero-order valence-corrected chi connectivity index (χ0v) is 8.55. The van der Waals surface area contributed by atoms with Gasteiger partial charge in [0.15, 0.2) is 5.78 Å². The predicted molar refractivity (Wildman–Crippen MR) is 49.6 cm³/mol. The van der Waals surface area contributed by atoms with E-state index >= 15 is 0 Å². The van der Waals surface area contributed by atoms with Crippen molar-refractivity contribution in [2.45, 2.75) is 33.7 Å². The molecular weight excluding hydrogens is 170 g/mol. The summed E-state index contributed by atoms with van der Waals surface area (Å²) in [4.78, 5) is 21.7. The summed E-state index contributed by atoms with van der Waals surface area (Å²) in [6.45, 7) is 6.94. The fraction of sp³-hybridized carbons (Fsp3) is 0.778. The van der Waals surface area contributed by atoms with Gasteiger partial charge in [-0.05, 0) is 6.92 Å². The lowest BCUT2D eigenvalue weighted by atomic mass is 9.87. The molecule has 0 aliphatic carbocycles. The van der Waals surface area contributed by atoms with Crippen LogP contribution in [-0.4, -0.2) is 29.4 Å². The molecule has 0 radical (unpaired) electrons. The van der Waals surface area contributed by atoms with Crippen molar-refractivity contribution in [3.63, 3.8) is 0 Å². The summed E-state index contributed by atoms with van der Waals surface area (Å²) in [5.74, 6) is -0.928. The summed E-state index contributed by atoms with van der Waals surface area (Å²) < 4.78 is 0. The highest BCUT2D eigenvalue weighted by molar-refractivity contribution is 5.88. The molecule has 2 N–H and O–H groups in total. The van der Waals surface area contributed by atoms with Gasteiger partial charge < -0.3 is 5.11 Å². The Balaban J connectivity index is 4.05. The number of carboxylic acids is 1. The van der Waals surface area contributed by atoms with Crippen LogP contribution < -0.4 is 5.32 Å². The van der Waals surface area contributed by atoms with Gasteiger partial charge in [0, 0.05) is 5.41 Å². The molecule has 0 bridgehead atoms. The van der Waals surface area contributed by atoms with Gasteiger partial charge >= 0.3 is 5.97 Å². The van der Waals surface area contributed by atoms with E-state index in [1.165, 1.54) is 0 Å². The fourth-order valence-corrected chi connectivity index (χ4v) is 0.983. The highest BCUT2D eigenvalue weighted by Crippen LogP contribution is 2.16. The summed E-state index contributed by atoms with van der Waals surface area (Å²) in [5, 5.41) is 11.0. The number of carbonyl (C=O) groups excluding carboxylic acids is 1. The number of aliphatic carboxylic acids is 1. The number of ketones is 1. The Morgan fingerprint density at radius 2 is 1.85 bits per heavy atom. The van der Waals surface area contributed by atoms with Crippen molar-refractivity contribution in [3.05, 3.63) is 0 Å². The molecule has 1 unspecified atom stereocenters. The second-order valence-electron chi connectivity index (χ2n) is 4.11. The monoisotopic (exact) mass is 187 g/mol. The van der Waals surface area contributed by atoms with E-state index < -0.39 is 17.4 Å². The maximum atomic E-state index is 11.5. The molecule has 0 fully saturated rings. The fourth-order valence-electron chi connectivity index (χ4n) is 0.983. The van der Waals surface area contributed by atoms with Crippen LogP contribution >= 0.6 is 0 Å². The van der Waals surface area contributed by atoms with E-state index in [1.807, 2.05) is 20.8 Å². The van der Waals surface area contributed by atoms with Crippen LogP contribution in [0.3, 0.4) is 0 Å². The molecule has 4 heteroatoms. The number of hydrogen-bond acceptors (Lipinski definition) is 3. The average Bonchev–Trinajstić information content (AvgIpc) is 1.96. The number of Topliss-reactive ketones (excluding diaryl/α,β-unsaturated/α-hetero) is 1. The zero-order valence-electron chi connectivity index (χ0n) is 8.55. The number of carboxylic acid groups (broad SMARTS) is 1. The van der Waals surface area contributed by atoms with Gasteiger partial charge in [0.05, 0.1) is 12.6 Å². The molecule has 0 spiro atoms. The average molecular weight is 187 g/mol. The van der Waals surface area contributed by atoms with E-state index in [0.29, 0.717) is 0 Å². The van der Waals surface area contributed by atoms with Gasteiger partial charge in [0.1, 0.15) is 0 Å². The summed E-state index contributed by atoms with van der Waals surface area (Å²) in [6.07, 6.45) is 0. The maximum absolute atomic E-state index is 11.5. The van der Waals surface area contributed by atoms with E-state index in [2.05, 4.69) is 5.32 Å². The molecule has 0 aliphatic rings. The summed E-state index contributed by atoms with van der Waals surface area (Å²) in [7, 11) is 0. The van der Waals surface area contributed by atoms with Gasteiger partial charge in [-0.3, -0.25) is 14.9 Å². The van der Waals surface area contributed by atoms with Gasteiger partial charge in [-0.25, -0.2) is 0 Å². The Hall–Kier alpha value is -0.900. The van der Waals surface area contributed by atoms with E-state index in [1.54, 1.807) is 6.92 Å². The van der Waals surface area contributed by atoms with Gasteiger partial charge in [-0.15, -0.1) is 0 Å². The number of rotatable bonds is 4. The van der Waals surface area contributed by atoms with Gasteiger partial charge in [0.2, 0.25) is 0 Å². The molecule has 0 aromatic heterocycles. The molecule has 13 heavy (non-hydrogen) atoms. The third-order valence-electron chi connectivity index (χ3n) is 1.69. The standard InChI is InChI=1S/C9H17NO3/c1-6(10-5-7(11)12)8(13)9(2,3)4/h6,10H,5H2,1-4H3,(H,11,12). The number of hydrogen-bond donors (Lipinski definition) is 2. The lowest BCUT2D eigenvalue weighted by Crippen LogP contribution is -2.42. The third kappa shape index (κ3) is 4.62. The maximum Gasteiger partial charge on any atom is 0.317 e. The molecule has 1 atom stereocenters. The first kappa shape index (κ1) is 12.1. The van der Waals surface area contributed by atoms with Crippen molar-refractivity contribution in [1.82, 2.24) is 5.32 Å². The molecule has 0 aromatic rings. The normalized spacial score (nSPS) is 13.8. The molecule has 0 saturated carbocycles. The largest absolute Gasteiger partial charge is 0.480 e. The number of nitrogens with one attached hydrogen (secondary N) is 1. The molecular formula is C9H17NO3. The summed E-state index contributed by atoms with van der Waals surface area (Å²) in [6, 6.07) is -0.406. The van der Waals surface area contributed by atoms with Crippen LogP contribution in [0.1, 0.15) is 27.7 Å². The quantitative estimate of drug-likeness (QED) is 0.678. The molecule has 0 rings (SSSR count). The van der Waals surface area contributed by atoms with Crippen molar-refractivity contribution in [2.75, 3.05) is 6.54 Å². The lowest BCUT2D eigenvalue weighted by molar-refractivity contribution is -0.136. The van der Waals surface area contributed by atoms with Crippen molar-refractivity contribution in [1.29, 1.82) is 0 Å². The number of carbonyl (C=O) groups is 2. The Bertz CT molecular complexity index is 205. The molecule has 0 aromatic carbocycles.